The first-order valence-corrected chi connectivity index (χ1v) is 1.22. The fourth-order valence-electron chi connectivity index (χ4n) is 0. The Hall–Kier alpha value is 0.137. The van der Waals surface area contributed by atoms with Gasteiger partial charge in [0.1, 0.15) is 0 Å². The van der Waals surface area contributed by atoms with Crippen LogP contribution in [0.3, 0.4) is 0 Å². The van der Waals surface area contributed by atoms with Crippen molar-refractivity contribution in [2.24, 2.45) is 5.73 Å². The zero-order chi connectivity index (χ0) is 3.41. The van der Waals surface area contributed by atoms with E-state index in [1.807, 2.05) is 0 Å². The molecule has 0 aliphatic carbocycles. The Morgan fingerprint density at radius 2 is 1.80 bits per heavy atom. The standard InChI is InChI=1S/C2H7NO.H4Si/c3-1-2-4;/h4H,1-3H2;1H4. The molecule has 0 fully saturated rings. The largest absolute Gasteiger partial charge is 0.395 e. The van der Waals surface area contributed by atoms with E-state index in [9.17, 15) is 0 Å². The van der Waals surface area contributed by atoms with Crippen LogP contribution in [-0.2, 0) is 0 Å². The third-order valence-corrected chi connectivity index (χ3v) is 0.129. The second kappa shape index (κ2) is 8.91. The molecule has 0 aromatic rings. The summed E-state index contributed by atoms with van der Waals surface area (Å²) in [5.41, 5.74) is 4.78. The Balaban J connectivity index is 0. The average molecular weight is 93.2 g/mol. The highest BCUT2D eigenvalue weighted by Gasteiger charge is 1.56. The third kappa shape index (κ3) is 14.6. The minimum Gasteiger partial charge on any atom is -0.395 e. The SMILES string of the molecule is NCCO.[SiH4]. The molecule has 0 unspecified atom stereocenters. The summed E-state index contributed by atoms with van der Waals surface area (Å²) in [7, 11) is 0. The molecule has 34 valence electrons. The molecule has 0 bridgehead atoms. The van der Waals surface area contributed by atoms with Crippen molar-refractivity contribution in [3.05, 3.63) is 0 Å². The van der Waals surface area contributed by atoms with E-state index in [1.54, 1.807) is 0 Å². The van der Waals surface area contributed by atoms with E-state index >= 15 is 0 Å². The van der Waals surface area contributed by atoms with E-state index in [0.717, 1.165) is 0 Å². The van der Waals surface area contributed by atoms with Gasteiger partial charge in [0.25, 0.3) is 0 Å². The van der Waals surface area contributed by atoms with Gasteiger partial charge in [-0.3, -0.25) is 0 Å². The van der Waals surface area contributed by atoms with Gasteiger partial charge < -0.3 is 10.8 Å². The van der Waals surface area contributed by atoms with Gasteiger partial charge in [-0.2, -0.15) is 0 Å². The minimum absolute atomic E-state index is 0. The Morgan fingerprint density at radius 3 is 1.80 bits per heavy atom. The van der Waals surface area contributed by atoms with Crippen LogP contribution in [0, 0.1) is 0 Å². The first kappa shape index (κ1) is 8.93. The molecular weight excluding hydrogens is 82.1 g/mol. The lowest BCUT2D eigenvalue weighted by atomic mass is 10.8. The summed E-state index contributed by atoms with van der Waals surface area (Å²) in [6, 6.07) is 0. The van der Waals surface area contributed by atoms with Crippen LogP contribution in [0.4, 0.5) is 0 Å². The third-order valence-electron chi connectivity index (χ3n) is 0.129. The molecule has 0 rings (SSSR count). The zero-order valence-electron chi connectivity index (χ0n) is 2.44. The quantitative estimate of drug-likeness (QED) is 0.352. The first-order valence-electron chi connectivity index (χ1n) is 1.22. The van der Waals surface area contributed by atoms with E-state index in [4.69, 9.17) is 10.8 Å². The van der Waals surface area contributed by atoms with Crippen molar-refractivity contribution in [1.82, 2.24) is 0 Å². The molecule has 0 spiro atoms. The fourth-order valence-corrected chi connectivity index (χ4v) is 0. The van der Waals surface area contributed by atoms with E-state index in [-0.39, 0.29) is 17.6 Å². The van der Waals surface area contributed by atoms with Crippen LogP contribution >= 0.6 is 0 Å². The topological polar surface area (TPSA) is 46.2 Å². The Labute approximate surface area is 36.0 Å². The average Bonchev–Trinajstić information content (AvgIpc) is 1.37. The van der Waals surface area contributed by atoms with Crippen molar-refractivity contribution in [3.63, 3.8) is 0 Å². The highest BCUT2D eigenvalue weighted by molar-refractivity contribution is 5.75. The van der Waals surface area contributed by atoms with E-state index in [2.05, 4.69) is 0 Å². The van der Waals surface area contributed by atoms with Crippen molar-refractivity contribution in [2.45, 2.75) is 0 Å². The summed E-state index contributed by atoms with van der Waals surface area (Å²) < 4.78 is 0. The van der Waals surface area contributed by atoms with E-state index in [0.29, 0.717) is 6.54 Å². The molecule has 0 radical (unpaired) electrons. The Morgan fingerprint density at radius 1 is 1.60 bits per heavy atom. The lowest BCUT2D eigenvalue weighted by Crippen LogP contribution is -2.02. The van der Waals surface area contributed by atoms with E-state index in [1.165, 1.54) is 0 Å². The molecule has 0 amide bonds. The fraction of sp³-hybridized carbons (Fsp3) is 1.00. The summed E-state index contributed by atoms with van der Waals surface area (Å²) >= 11 is 0. The number of aliphatic hydroxyl groups excluding tert-OH is 1. The van der Waals surface area contributed by atoms with Gasteiger partial charge in [0.15, 0.2) is 0 Å². The van der Waals surface area contributed by atoms with Crippen LogP contribution in [0.25, 0.3) is 0 Å². The lowest BCUT2D eigenvalue weighted by Gasteiger charge is -1.71. The van der Waals surface area contributed by atoms with Gasteiger partial charge in [0, 0.05) is 6.54 Å². The molecule has 0 atom stereocenters. The van der Waals surface area contributed by atoms with Gasteiger partial charge in [-0.1, -0.05) is 0 Å². The number of hydrogen-bond donors (Lipinski definition) is 2. The molecule has 0 aromatic heterocycles. The molecule has 0 aliphatic heterocycles. The predicted octanol–water partition coefficient (Wildman–Crippen LogP) is -2.51. The number of rotatable bonds is 1. The lowest BCUT2D eigenvalue weighted by molar-refractivity contribution is 0.306. The molecule has 0 heterocycles. The van der Waals surface area contributed by atoms with Crippen LogP contribution in [0.15, 0.2) is 0 Å². The van der Waals surface area contributed by atoms with Crippen LogP contribution in [-0.4, -0.2) is 29.2 Å². The smallest absolute Gasteiger partial charge is 0.0553 e. The molecular formula is C2H11NOSi. The van der Waals surface area contributed by atoms with Crippen LogP contribution in [0.2, 0.25) is 0 Å². The van der Waals surface area contributed by atoms with Gasteiger partial charge in [-0.25, -0.2) is 0 Å². The molecule has 0 aliphatic rings. The second-order valence-corrected chi connectivity index (χ2v) is 0.512. The molecule has 3 N–H and O–H groups in total. The normalized spacial score (nSPS) is 6.00. The predicted molar refractivity (Wildman–Crippen MR) is 27.5 cm³/mol. The van der Waals surface area contributed by atoms with Gasteiger partial charge in [0.05, 0.1) is 6.61 Å². The Bertz CT molecular complexity index is 11.6. The van der Waals surface area contributed by atoms with Gasteiger partial charge in [0.2, 0.25) is 0 Å². The van der Waals surface area contributed by atoms with Gasteiger partial charge >= 0.3 is 0 Å². The molecule has 3 heteroatoms. The van der Waals surface area contributed by atoms with Crippen molar-refractivity contribution < 1.29 is 5.11 Å². The van der Waals surface area contributed by atoms with Gasteiger partial charge in [-0.05, 0) is 11.0 Å². The van der Waals surface area contributed by atoms with Crippen molar-refractivity contribution in [1.29, 1.82) is 0 Å². The second-order valence-electron chi connectivity index (χ2n) is 0.512. The van der Waals surface area contributed by atoms with Crippen molar-refractivity contribution >= 4 is 11.0 Å². The zero-order valence-corrected chi connectivity index (χ0v) is 2.44. The summed E-state index contributed by atoms with van der Waals surface area (Å²) in [5, 5.41) is 7.75. The first-order chi connectivity index (χ1) is 1.91. The minimum atomic E-state index is 0. The molecule has 0 saturated heterocycles. The summed E-state index contributed by atoms with van der Waals surface area (Å²) in [6.45, 7) is 0.472. The van der Waals surface area contributed by atoms with Crippen LogP contribution in [0.5, 0.6) is 0 Å². The molecule has 5 heavy (non-hydrogen) atoms. The summed E-state index contributed by atoms with van der Waals surface area (Å²) in [5.74, 6) is 0. The maximum absolute atomic E-state index is 7.75. The maximum atomic E-state index is 7.75. The van der Waals surface area contributed by atoms with Crippen molar-refractivity contribution in [3.8, 4) is 0 Å². The molecule has 2 nitrogen and oxygen atoms in total. The molecule has 0 saturated carbocycles. The van der Waals surface area contributed by atoms with Crippen molar-refractivity contribution in [2.75, 3.05) is 13.2 Å². The monoisotopic (exact) mass is 93.1 g/mol. The number of aliphatic hydroxyl groups is 1. The maximum Gasteiger partial charge on any atom is 0.0553 e. The number of nitrogens with two attached hydrogens (primary N) is 1. The Kier molecular flexibility index (Phi) is 15.9. The summed E-state index contributed by atoms with van der Waals surface area (Å²) in [6.07, 6.45) is 0. The number of hydrogen-bond acceptors (Lipinski definition) is 2. The highest BCUT2D eigenvalue weighted by atomic mass is 28.1. The van der Waals surface area contributed by atoms with Gasteiger partial charge in [-0.15, -0.1) is 0 Å². The van der Waals surface area contributed by atoms with Crippen LogP contribution in [0.1, 0.15) is 0 Å². The van der Waals surface area contributed by atoms with Crippen LogP contribution < -0.4 is 5.73 Å². The van der Waals surface area contributed by atoms with E-state index < -0.39 is 0 Å². The highest BCUT2D eigenvalue weighted by Crippen LogP contribution is 1.33. The summed E-state index contributed by atoms with van der Waals surface area (Å²) in [4.78, 5) is 0. The molecule has 0 aromatic carbocycles.